The van der Waals surface area contributed by atoms with Crippen LogP contribution in [0.25, 0.3) is 0 Å². The van der Waals surface area contributed by atoms with Gasteiger partial charge in [0.1, 0.15) is 0 Å². The maximum absolute atomic E-state index is 12.3. The standard InChI is InChI=1S/C21H31NO3/c1-15(2)5-4-6-16-7-10-18(11-8-16)22-21(24)14-17-9-12-19(23)20(13-17)25-3/h4,6,9,12-13,15-16,18,23H,5,7-8,10-11,14H2,1-3H3,(H,22,24)/b6-4-/t16-,18+. The SMILES string of the molecule is COc1cc(CC(=O)N[C@H]2CC[C@@H](/C=C\CC(C)C)CC2)ccc1O. The third kappa shape index (κ3) is 6.45. The maximum atomic E-state index is 12.3. The monoisotopic (exact) mass is 345 g/mol. The van der Waals surface area contributed by atoms with Gasteiger partial charge in [-0.1, -0.05) is 32.1 Å². The summed E-state index contributed by atoms with van der Waals surface area (Å²) in [6, 6.07) is 5.32. The number of phenols is 1. The first-order valence-corrected chi connectivity index (χ1v) is 9.29. The Morgan fingerprint density at radius 3 is 2.68 bits per heavy atom. The summed E-state index contributed by atoms with van der Waals surface area (Å²) in [5.41, 5.74) is 0.845. The van der Waals surface area contributed by atoms with Crippen LogP contribution < -0.4 is 10.1 Å². The van der Waals surface area contributed by atoms with Gasteiger partial charge in [0.05, 0.1) is 13.5 Å². The van der Waals surface area contributed by atoms with Gasteiger partial charge in [-0.3, -0.25) is 4.79 Å². The van der Waals surface area contributed by atoms with E-state index < -0.39 is 0 Å². The minimum Gasteiger partial charge on any atom is -0.504 e. The summed E-state index contributed by atoms with van der Waals surface area (Å²) in [4.78, 5) is 12.3. The number of allylic oxidation sites excluding steroid dienone is 2. The molecule has 2 N–H and O–H groups in total. The third-order valence-electron chi connectivity index (χ3n) is 4.76. The van der Waals surface area contributed by atoms with Crippen LogP contribution in [0.2, 0.25) is 0 Å². The second-order valence-corrected chi connectivity index (χ2v) is 7.42. The Balaban J connectivity index is 1.76. The summed E-state index contributed by atoms with van der Waals surface area (Å²) in [6.45, 7) is 4.47. The molecule has 0 aliphatic heterocycles. The maximum Gasteiger partial charge on any atom is 0.224 e. The van der Waals surface area contributed by atoms with E-state index in [4.69, 9.17) is 4.74 Å². The van der Waals surface area contributed by atoms with E-state index in [9.17, 15) is 9.90 Å². The molecule has 0 aromatic heterocycles. The molecule has 1 fully saturated rings. The lowest BCUT2D eigenvalue weighted by Crippen LogP contribution is -2.38. The molecule has 0 atom stereocenters. The van der Waals surface area contributed by atoms with Crippen LogP contribution in [-0.4, -0.2) is 24.2 Å². The fourth-order valence-corrected chi connectivity index (χ4v) is 3.30. The molecule has 1 aromatic rings. The lowest BCUT2D eigenvalue weighted by Gasteiger charge is -2.27. The average Bonchev–Trinajstić information content (AvgIpc) is 2.58. The van der Waals surface area contributed by atoms with Crippen molar-refractivity contribution in [2.45, 2.75) is 58.4 Å². The highest BCUT2D eigenvalue weighted by atomic mass is 16.5. The van der Waals surface area contributed by atoms with Crippen LogP contribution in [0.1, 0.15) is 51.5 Å². The van der Waals surface area contributed by atoms with E-state index in [1.807, 2.05) is 0 Å². The van der Waals surface area contributed by atoms with E-state index in [1.54, 1.807) is 18.2 Å². The van der Waals surface area contributed by atoms with Crippen LogP contribution in [0, 0.1) is 11.8 Å². The van der Waals surface area contributed by atoms with Crippen molar-refractivity contribution < 1.29 is 14.6 Å². The summed E-state index contributed by atoms with van der Waals surface area (Å²) in [5, 5.41) is 12.8. The first kappa shape index (κ1) is 19.4. The molecule has 4 heteroatoms. The molecule has 0 bridgehead atoms. The predicted octanol–water partition coefficient (Wildman–Crippen LogP) is 4.22. The predicted molar refractivity (Wildman–Crippen MR) is 101 cm³/mol. The van der Waals surface area contributed by atoms with Gasteiger partial charge >= 0.3 is 0 Å². The summed E-state index contributed by atoms with van der Waals surface area (Å²) >= 11 is 0. The number of phenolic OH excluding ortho intramolecular Hbond substituents is 1. The van der Waals surface area contributed by atoms with Crippen molar-refractivity contribution in [1.82, 2.24) is 5.32 Å². The molecule has 1 aromatic carbocycles. The van der Waals surface area contributed by atoms with Crippen molar-refractivity contribution >= 4 is 5.91 Å². The van der Waals surface area contributed by atoms with Crippen molar-refractivity contribution in [3.8, 4) is 11.5 Å². The number of carbonyl (C=O) groups is 1. The molecule has 0 unspecified atom stereocenters. The minimum absolute atomic E-state index is 0.0338. The zero-order chi connectivity index (χ0) is 18.2. The van der Waals surface area contributed by atoms with Gasteiger partial charge in [-0.2, -0.15) is 0 Å². The van der Waals surface area contributed by atoms with Gasteiger partial charge in [0, 0.05) is 6.04 Å². The Kier molecular flexibility index (Phi) is 7.35. The van der Waals surface area contributed by atoms with Crippen LogP contribution in [0.3, 0.4) is 0 Å². The number of aromatic hydroxyl groups is 1. The van der Waals surface area contributed by atoms with Crippen LogP contribution in [-0.2, 0) is 11.2 Å². The molecular formula is C21H31NO3. The van der Waals surface area contributed by atoms with E-state index in [2.05, 4.69) is 31.3 Å². The van der Waals surface area contributed by atoms with Crippen LogP contribution >= 0.6 is 0 Å². The van der Waals surface area contributed by atoms with Gasteiger partial charge in [-0.15, -0.1) is 0 Å². The molecule has 4 nitrogen and oxygen atoms in total. The Hall–Kier alpha value is -1.97. The highest BCUT2D eigenvalue weighted by Crippen LogP contribution is 2.27. The molecule has 0 saturated heterocycles. The van der Waals surface area contributed by atoms with E-state index in [0.717, 1.165) is 37.7 Å². The largest absolute Gasteiger partial charge is 0.504 e. The zero-order valence-corrected chi connectivity index (χ0v) is 15.6. The van der Waals surface area contributed by atoms with Gasteiger partial charge in [0.25, 0.3) is 0 Å². The molecule has 0 radical (unpaired) electrons. The molecule has 2 rings (SSSR count). The second-order valence-electron chi connectivity index (χ2n) is 7.42. The number of hydrogen-bond acceptors (Lipinski definition) is 3. The van der Waals surface area contributed by atoms with E-state index >= 15 is 0 Å². The minimum atomic E-state index is 0.0338. The lowest BCUT2D eigenvalue weighted by atomic mass is 9.85. The third-order valence-corrected chi connectivity index (χ3v) is 4.76. The Morgan fingerprint density at radius 2 is 2.04 bits per heavy atom. The van der Waals surface area contributed by atoms with Gasteiger partial charge in [-0.25, -0.2) is 0 Å². The van der Waals surface area contributed by atoms with Crippen LogP contribution in [0.5, 0.6) is 11.5 Å². The number of benzene rings is 1. The Labute approximate surface area is 151 Å². The van der Waals surface area contributed by atoms with Crippen molar-refractivity contribution in [3.05, 3.63) is 35.9 Å². The number of rotatable bonds is 7. The van der Waals surface area contributed by atoms with Gasteiger partial charge < -0.3 is 15.2 Å². The zero-order valence-electron chi connectivity index (χ0n) is 15.6. The highest BCUT2D eigenvalue weighted by molar-refractivity contribution is 5.79. The Morgan fingerprint density at radius 1 is 1.32 bits per heavy atom. The molecule has 1 amide bonds. The highest BCUT2D eigenvalue weighted by Gasteiger charge is 2.21. The lowest BCUT2D eigenvalue weighted by molar-refractivity contribution is -0.121. The molecular weight excluding hydrogens is 314 g/mol. The normalized spacial score (nSPS) is 20.8. The van der Waals surface area contributed by atoms with Crippen molar-refractivity contribution in [3.63, 3.8) is 0 Å². The average molecular weight is 345 g/mol. The molecule has 0 spiro atoms. The van der Waals surface area contributed by atoms with E-state index in [0.29, 0.717) is 24.0 Å². The topological polar surface area (TPSA) is 58.6 Å². The fourth-order valence-electron chi connectivity index (χ4n) is 3.30. The first-order valence-electron chi connectivity index (χ1n) is 9.29. The number of hydrogen-bond donors (Lipinski definition) is 2. The molecule has 1 aliphatic rings. The number of ether oxygens (including phenoxy) is 1. The van der Waals surface area contributed by atoms with Crippen molar-refractivity contribution in [2.75, 3.05) is 7.11 Å². The second kappa shape index (κ2) is 9.50. The quantitative estimate of drug-likeness (QED) is 0.728. The summed E-state index contributed by atoms with van der Waals surface area (Å²) < 4.78 is 5.09. The summed E-state index contributed by atoms with van der Waals surface area (Å²) in [5.74, 6) is 1.90. The number of amides is 1. The van der Waals surface area contributed by atoms with Gasteiger partial charge in [-0.05, 0) is 61.6 Å². The molecule has 1 saturated carbocycles. The molecule has 25 heavy (non-hydrogen) atoms. The molecule has 138 valence electrons. The van der Waals surface area contributed by atoms with Crippen LogP contribution in [0.4, 0.5) is 0 Å². The van der Waals surface area contributed by atoms with Crippen LogP contribution in [0.15, 0.2) is 30.4 Å². The summed E-state index contributed by atoms with van der Waals surface area (Å²) in [7, 11) is 1.51. The number of carbonyl (C=O) groups excluding carboxylic acids is 1. The molecule has 0 heterocycles. The van der Waals surface area contributed by atoms with Crippen molar-refractivity contribution in [1.29, 1.82) is 0 Å². The van der Waals surface area contributed by atoms with Gasteiger partial charge in [0.15, 0.2) is 11.5 Å². The van der Waals surface area contributed by atoms with Crippen molar-refractivity contribution in [2.24, 2.45) is 11.8 Å². The molecule has 1 aliphatic carbocycles. The fraction of sp³-hybridized carbons (Fsp3) is 0.571. The first-order chi connectivity index (χ1) is 12.0. The van der Waals surface area contributed by atoms with Gasteiger partial charge in [0.2, 0.25) is 5.91 Å². The Bertz CT molecular complexity index is 587. The van der Waals surface area contributed by atoms with E-state index in [1.165, 1.54) is 7.11 Å². The number of methoxy groups -OCH3 is 1. The summed E-state index contributed by atoms with van der Waals surface area (Å²) in [6.07, 6.45) is 10.5. The van der Waals surface area contributed by atoms with E-state index in [-0.39, 0.29) is 17.7 Å². The smallest absolute Gasteiger partial charge is 0.224 e. The number of nitrogens with one attached hydrogen (secondary N) is 1.